The van der Waals surface area contributed by atoms with Gasteiger partial charge in [-0.25, -0.2) is 0 Å². The summed E-state index contributed by atoms with van der Waals surface area (Å²) in [4.78, 5) is 0. The van der Waals surface area contributed by atoms with Crippen molar-refractivity contribution < 1.29 is 0 Å². The summed E-state index contributed by atoms with van der Waals surface area (Å²) in [5.74, 6) is 0. The van der Waals surface area contributed by atoms with Crippen LogP contribution in [0.4, 0.5) is 0 Å². The molecule has 1 aromatic heterocycles. The van der Waals surface area contributed by atoms with E-state index >= 15 is 0 Å². The molecule has 0 saturated carbocycles. The van der Waals surface area contributed by atoms with Gasteiger partial charge in [-0.3, -0.25) is 4.68 Å². The van der Waals surface area contributed by atoms with Crippen molar-refractivity contribution in [1.29, 1.82) is 0 Å². The lowest BCUT2D eigenvalue weighted by atomic mass is 10.0. The number of nitrogens with zero attached hydrogens (tertiary/aromatic N) is 3. The zero-order valence-electron chi connectivity index (χ0n) is 11.7. The minimum Gasteiger partial charge on any atom is -0.313 e. The molecule has 0 bridgehead atoms. The van der Waals surface area contributed by atoms with E-state index in [4.69, 9.17) is 0 Å². The summed E-state index contributed by atoms with van der Waals surface area (Å²) in [6.07, 6.45) is 5.08. The lowest BCUT2D eigenvalue weighted by molar-refractivity contribution is 0.500. The second-order valence-corrected chi connectivity index (χ2v) is 4.93. The summed E-state index contributed by atoms with van der Waals surface area (Å²) in [6.45, 7) is 3.23. The Kier molecular flexibility index (Phi) is 5.10. The number of hydrogen-bond acceptors (Lipinski definition) is 3. The molecule has 0 radical (unpaired) electrons. The molecule has 19 heavy (non-hydrogen) atoms. The molecule has 0 saturated heterocycles. The van der Waals surface area contributed by atoms with Gasteiger partial charge < -0.3 is 5.32 Å². The normalized spacial score (nSPS) is 12.5. The largest absolute Gasteiger partial charge is 0.313 e. The van der Waals surface area contributed by atoms with Crippen LogP contribution in [0.5, 0.6) is 0 Å². The fourth-order valence-electron chi connectivity index (χ4n) is 2.20. The molecule has 1 aromatic carbocycles. The Balaban J connectivity index is 1.99. The van der Waals surface area contributed by atoms with Crippen molar-refractivity contribution >= 4 is 0 Å². The van der Waals surface area contributed by atoms with Gasteiger partial charge in [0.1, 0.15) is 0 Å². The topological polar surface area (TPSA) is 42.7 Å². The number of aromatic nitrogens is 3. The van der Waals surface area contributed by atoms with Gasteiger partial charge in [-0.15, -0.1) is 5.10 Å². The first-order valence-corrected chi connectivity index (χ1v) is 6.90. The number of benzene rings is 1. The molecule has 1 unspecified atom stereocenters. The van der Waals surface area contributed by atoms with Gasteiger partial charge in [-0.05, 0) is 24.9 Å². The highest BCUT2D eigenvalue weighted by Gasteiger charge is 2.11. The first-order chi connectivity index (χ1) is 9.28. The summed E-state index contributed by atoms with van der Waals surface area (Å²) >= 11 is 0. The maximum absolute atomic E-state index is 4.18. The van der Waals surface area contributed by atoms with Gasteiger partial charge in [0.15, 0.2) is 0 Å². The van der Waals surface area contributed by atoms with Gasteiger partial charge >= 0.3 is 0 Å². The van der Waals surface area contributed by atoms with Gasteiger partial charge in [0.2, 0.25) is 0 Å². The Bertz CT molecular complexity index is 478. The van der Waals surface area contributed by atoms with E-state index in [-0.39, 0.29) is 0 Å². The molecule has 0 spiro atoms. The summed E-state index contributed by atoms with van der Waals surface area (Å²) in [6, 6.07) is 11.0. The maximum atomic E-state index is 4.18. The van der Waals surface area contributed by atoms with Crippen LogP contribution in [0.1, 0.15) is 24.6 Å². The number of hydrogen-bond donors (Lipinski definition) is 1. The summed E-state index contributed by atoms with van der Waals surface area (Å²) < 4.78 is 1.76. The predicted octanol–water partition coefficient (Wildman–Crippen LogP) is 1.97. The summed E-state index contributed by atoms with van der Waals surface area (Å²) in [5, 5.41) is 11.8. The van der Waals surface area contributed by atoms with Crippen molar-refractivity contribution in [3.05, 3.63) is 47.8 Å². The molecule has 1 atom stereocenters. The van der Waals surface area contributed by atoms with Crippen molar-refractivity contribution in [2.24, 2.45) is 7.05 Å². The number of nitrogens with one attached hydrogen (secondary N) is 1. The molecule has 2 rings (SSSR count). The van der Waals surface area contributed by atoms with Crippen molar-refractivity contribution in [2.75, 3.05) is 6.54 Å². The Morgan fingerprint density at radius 1 is 1.21 bits per heavy atom. The third-order valence-electron chi connectivity index (χ3n) is 3.11. The van der Waals surface area contributed by atoms with E-state index in [0.29, 0.717) is 6.04 Å². The zero-order chi connectivity index (χ0) is 13.5. The highest BCUT2D eigenvalue weighted by Crippen LogP contribution is 2.07. The minimum absolute atomic E-state index is 0.416. The molecule has 1 N–H and O–H groups in total. The second kappa shape index (κ2) is 7.04. The zero-order valence-corrected chi connectivity index (χ0v) is 11.7. The Hall–Kier alpha value is -1.68. The van der Waals surface area contributed by atoms with Crippen LogP contribution in [0.25, 0.3) is 0 Å². The predicted molar refractivity (Wildman–Crippen MR) is 76.9 cm³/mol. The fraction of sp³-hybridized carbons (Fsp3) is 0.467. The van der Waals surface area contributed by atoms with Crippen LogP contribution in [0.2, 0.25) is 0 Å². The van der Waals surface area contributed by atoms with E-state index in [9.17, 15) is 0 Å². The Labute approximate surface area is 114 Å². The van der Waals surface area contributed by atoms with Crippen LogP contribution in [0, 0.1) is 0 Å². The average Bonchev–Trinajstić information content (AvgIpc) is 2.82. The van der Waals surface area contributed by atoms with E-state index in [2.05, 4.69) is 52.9 Å². The molecule has 0 fully saturated rings. The third kappa shape index (κ3) is 4.48. The SMILES string of the molecule is CCCNC(Cc1ccccc1)Cc1cn(C)nn1. The van der Waals surface area contributed by atoms with Gasteiger partial charge in [0.25, 0.3) is 0 Å². The van der Waals surface area contributed by atoms with E-state index in [1.807, 2.05) is 13.2 Å². The Morgan fingerprint density at radius 3 is 2.63 bits per heavy atom. The van der Waals surface area contributed by atoms with E-state index in [1.54, 1.807) is 4.68 Å². The first-order valence-electron chi connectivity index (χ1n) is 6.90. The Morgan fingerprint density at radius 2 is 2.00 bits per heavy atom. The van der Waals surface area contributed by atoms with Gasteiger partial charge in [-0.1, -0.05) is 42.5 Å². The average molecular weight is 258 g/mol. The molecule has 102 valence electrons. The van der Waals surface area contributed by atoms with Crippen molar-refractivity contribution in [2.45, 2.75) is 32.2 Å². The van der Waals surface area contributed by atoms with E-state index < -0.39 is 0 Å². The van der Waals surface area contributed by atoms with Gasteiger partial charge in [0.05, 0.1) is 5.69 Å². The van der Waals surface area contributed by atoms with Crippen LogP contribution in [-0.4, -0.2) is 27.6 Å². The van der Waals surface area contributed by atoms with Crippen LogP contribution in [0.15, 0.2) is 36.5 Å². The van der Waals surface area contributed by atoms with E-state index in [0.717, 1.165) is 31.5 Å². The first kappa shape index (κ1) is 13.7. The monoisotopic (exact) mass is 258 g/mol. The standard InChI is InChI=1S/C15H22N4/c1-3-9-16-14(10-13-7-5-4-6-8-13)11-15-12-19(2)18-17-15/h4-8,12,14,16H,3,9-11H2,1-2H3. The summed E-state index contributed by atoms with van der Waals surface area (Å²) in [7, 11) is 1.90. The molecule has 4 heteroatoms. The van der Waals surface area contributed by atoms with Gasteiger partial charge in [0, 0.05) is 25.7 Å². The van der Waals surface area contributed by atoms with Crippen LogP contribution < -0.4 is 5.32 Å². The van der Waals surface area contributed by atoms with Crippen LogP contribution in [-0.2, 0) is 19.9 Å². The quantitative estimate of drug-likeness (QED) is 0.825. The molecular formula is C15H22N4. The van der Waals surface area contributed by atoms with Crippen molar-refractivity contribution in [3.8, 4) is 0 Å². The maximum Gasteiger partial charge on any atom is 0.0842 e. The lowest BCUT2D eigenvalue weighted by Crippen LogP contribution is -2.34. The molecule has 4 nitrogen and oxygen atoms in total. The molecular weight excluding hydrogens is 236 g/mol. The molecule has 0 amide bonds. The fourth-order valence-corrected chi connectivity index (χ4v) is 2.20. The van der Waals surface area contributed by atoms with Crippen molar-refractivity contribution in [3.63, 3.8) is 0 Å². The van der Waals surface area contributed by atoms with Gasteiger partial charge in [-0.2, -0.15) is 0 Å². The number of aryl methyl sites for hydroxylation is 1. The second-order valence-electron chi connectivity index (χ2n) is 4.93. The lowest BCUT2D eigenvalue weighted by Gasteiger charge is -2.17. The molecule has 0 aliphatic rings. The molecule has 0 aliphatic heterocycles. The minimum atomic E-state index is 0.416. The van der Waals surface area contributed by atoms with E-state index in [1.165, 1.54) is 5.56 Å². The van der Waals surface area contributed by atoms with Crippen LogP contribution >= 0.6 is 0 Å². The summed E-state index contributed by atoms with van der Waals surface area (Å²) in [5.41, 5.74) is 2.41. The van der Waals surface area contributed by atoms with Crippen LogP contribution in [0.3, 0.4) is 0 Å². The third-order valence-corrected chi connectivity index (χ3v) is 3.11. The smallest absolute Gasteiger partial charge is 0.0842 e. The highest BCUT2D eigenvalue weighted by molar-refractivity contribution is 5.16. The molecule has 1 heterocycles. The molecule has 2 aromatic rings. The molecule has 0 aliphatic carbocycles. The highest BCUT2D eigenvalue weighted by atomic mass is 15.4. The van der Waals surface area contributed by atoms with Crippen molar-refractivity contribution in [1.82, 2.24) is 20.3 Å². The number of rotatable bonds is 7.